The van der Waals surface area contributed by atoms with Crippen LogP contribution in [0.2, 0.25) is 5.02 Å². The Morgan fingerprint density at radius 3 is 2.67 bits per heavy atom. The van der Waals surface area contributed by atoms with Crippen molar-refractivity contribution in [1.29, 1.82) is 0 Å². The fraction of sp³-hybridized carbons (Fsp3) is 0.500. The maximum Gasteiger partial charge on any atom is 0.243 e. The van der Waals surface area contributed by atoms with Crippen molar-refractivity contribution < 1.29 is 12.8 Å². The predicted molar refractivity (Wildman–Crippen MR) is 84.4 cm³/mol. The van der Waals surface area contributed by atoms with Gasteiger partial charge in [0.15, 0.2) is 5.82 Å². The monoisotopic (exact) mass is 399 g/mol. The van der Waals surface area contributed by atoms with Gasteiger partial charge >= 0.3 is 0 Å². The van der Waals surface area contributed by atoms with Gasteiger partial charge in [0.25, 0.3) is 0 Å². The van der Waals surface area contributed by atoms with Gasteiger partial charge in [-0.2, -0.15) is 0 Å². The largest absolute Gasteiger partial charge is 0.395 e. The Kier molecular flexibility index (Phi) is 5.48. The van der Waals surface area contributed by atoms with E-state index in [4.69, 9.17) is 17.3 Å². The van der Waals surface area contributed by atoms with Gasteiger partial charge in [0.1, 0.15) is 4.90 Å². The topological polar surface area (TPSA) is 75.4 Å². The maximum atomic E-state index is 14.0. The van der Waals surface area contributed by atoms with Gasteiger partial charge in [-0.1, -0.05) is 11.6 Å². The lowest BCUT2D eigenvalue weighted by atomic mass is 10.3. The molecule has 118 valence electrons. The SMILES string of the molecule is Nc1c(F)c(S(=O)(=O)NCCN2CCCC2)cc(Cl)c1Br. The molecule has 1 aliphatic heterocycles. The number of nitrogen functional groups attached to an aromatic ring is 1. The van der Waals surface area contributed by atoms with E-state index in [2.05, 4.69) is 25.6 Å². The minimum absolute atomic E-state index is 0.0498. The normalized spacial score (nSPS) is 16.5. The Balaban J connectivity index is 2.12. The van der Waals surface area contributed by atoms with Crippen molar-refractivity contribution in [2.75, 3.05) is 31.9 Å². The lowest BCUT2D eigenvalue weighted by Gasteiger charge is -2.15. The third-order valence-electron chi connectivity index (χ3n) is 3.37. The van der Waals surface area contributed by atoms with E-state index in [9.17, 15) is 12.8 Å². The number of hydrogen-bond acceptors (Lipinski definition) is 4. The van der Waals surface area contributed by atoms with Crippen LogP contribution >= 0.6 is 27.5 Å². The summed E-state index contributed by atoms with van der Waals surface area (Å²) in [6.45, 7) is 2.75. The minimum atomic E-state index is -3.98. The minimum Gasteiger partial charge on any atom is -0.395 e. The average molecular weight is 401 g/mol. The smallest absolute Gasteiger partial charge is 0.243 e. The van der Waals surface area contributed by atoms with Gasteiger partial charge in [0.05, 0.1) is 15.2 Å². The van der Waals surface area contributed by atoms with Gasteiger partial charge in [-0.05, 0) is 47.9 Å². The zero-order chi connectivity index (χ0) is 15.6. The van der Waals surface area contributed by atoms with Gasteiger partial charge in [-0.25, -0.2) is 17.5 Å². The summed E-state index contributed by atoms with van der Waals surface area (Å²) in [5.41, 5.74) is 5.18. The highest BCUT2D eigenvalue weighted by atomic mass is 79.9. The van der Waals surface area contributed by atoms with E-state index in [1.54, 1.807) is 0 Å². The van der Waals surface area contributed by atoms with E-state index in [-0.39, 0.29) is 21.7 Å². The van der Waals surface area contributed by atoms with Crippen LogP contribution in [-0.4, -0.2) is 39.5 Å². The second kappa shape index (κ2) is 6.78. The highest BCUT2D eigenvalue weighted by Crippen LogP contribution is 2.34. The highest BCUT2D eigenvalue weighted by Gasteiger charge is 2.24. The Bertz CT molecular complexity index is 636. The lowest BCUT2D eigenvalue weighted by molar-refractivity contribution is 0.344. The molecule has 0 unspecified atom stereocenters. The number of hydrogen-bond donors (Lipinski definition) is 2. The van der Waals surface area contributed by atoms with Gasteiger partial charge in [0.2, 0.25) is 10.0 Å². The number of likely N-dealkylation sites (tertiary alicyclic amines) is 1. The highest BCUT2D eigenvalue weighted by molar-refractivity contribution is 9.10. The molecule has 1 heterocycles. The molecular weight excluding hydrogens is 385 g/mol. The fourth-order valence-corrected chi connectivity index (χ4v) is 3.92. The van der Waals surface area contributed by atoms with E-state index >= 15 is 0 Å². The summed E-state index contributed by atoms with van der Waals surface area (Å²) >= 11 is 8.85. The van der Waals surface area contributed by atoms with E-state index in [0.29, 0.717) is 6.54 Å². The molecule has 0 amide bonds. The Hall–Kier alpha value is -0.410. The Labute approximate surface area is 136 Å². The van der Waals surface area contributed by atoms with Gasteiger partial charge in [-0.3, -0.25) is 0 Å². The summed E-state index contributed by atoms with van der Waals surface area (Å²) in [6, 6.07) is 1.05. The zero-order valence-corrected chi connectivity index (χ0v) is 14.4. The number of nitrogens with two attached hydrogens (primary N) is 1. The van der Waals surface area contributed by atoms with E-state index in [0.717, 1.165) is 32.0 Å². The number of halogens is 3. The maximum absolute atomic E-state index is 14.0. The molecule has 9 heteroatoms. The number of nitrogens with one attached hydrogen (secondary N) is 1. The van der Waals surface area contributed by atoms with Crippen molar-refractivity contribution in [2.24, 2.45) is 0 Å². The van der Waals surface area contributed by atoms with Crippen molar-refractivity contribution in [2.45, 2.75) is 17.7 Å². The predicted octanol–water partition coefficient (Wildman–Crippen LogP) is 2.20. The van der Waals surface area contributed by atoms with Crippen molar-refractivity contribution in [1.82, 2.24) is 9.62 Å². The quantitative estimate of drug-likeness (QED) is 0.587. The summed E-state index contributed by atoms with van der Waals surface area (Å²) in [7, 11) is -3.98. The molecule has 0 radical (unpaired) electrons. The molecule has 2 rings (SSSR count). The lowest BCUT2D eigenvalue weighted by Crippen LogP contribution is -2.34. The van der Waals surface area contributed by atoms with Crippen LogP contribution in [0.5, 0.6) is 0 Å². The van der Waals surface area contributed by atoms with Crippen molar-refractivity contribution in [3.8, 4) is 0 Å². The molecule has 5 nitrogen and oxygen atoms in total. The van der Waals surface area contributed by atoms with Crippen LogP contribution in [0.3, 0.4) is 0 Å². The number of nitrogens with zero attached hydrogens (tertiary/aromatic N) is 1. The van der Waals surface area contributed by atoms with Crippen molar-refractivity contribution in [3.63, 3.8) is 0 Å². The van der Waals surface area contributed by atoms with Crippen LogP contribution < -0.4 is 10.5 Å². The number of rotatable bonds is 5. The fourth-order valence-electron chi connectivity index (χ4n) is 2.22. The number of anilines is 1. The summed E-state index contributed by atoms with van der Waals surface area (Å²) in [4.78, 5) is 1.62. The van der Waals surface area contributed by atoms with E-state index in [1.165, 1.54) is 0 Å². The molecule has 1 aromatic carbocycles. The first kappa shape index (κ1) is 17.0. The van der Waals surface area contributed by atoms with Crippen LogP contribution in [0.1, 0.15) is 12.8 Å². The third-order valence-corrected chi connectivity index (χ3v) is 6.21. The molecule has 1 aromatic rings. The third kappa shape index (κ3) is 3.87. The first-order valence-corrected chi connectivity index (χ1v) is 9.13. The van der Waals surface area contributed by atoms with Gasteiger partial charge < -0.3 is 10.6 Å². The second-order valence-electron chi connectivity index (χ2n) is 4.84. The number of sulfonamides is 1. The molecule has 0 saturated carbocycles. The van der Waals surface area contributed by atoms with Crippen LogP contribution in [0.4, 0.5) is 10.1 Å². The molecule has 1 fully saturated rings. The van der Waals surface area contributed by atoms with Crippen LogP contribution in [0, 0.1) is 5.82 Å². The molecule has 0 aliphatic carbocycles. The Morgan fingerprint density at radius 2 is 2.05 bits per heavy atom. The first-order valence-electron chi connectivity index (χ1n) is 6.48. The summed E-state index contributed by atoms with van der Waals surface area (Å²) in [6.07, 6.45) is 2.25. The van der Waals surface area contributed by atoms with Crippen LogP contribution in [-0.2, 0) is 10.0 Å². The molecule has 1 aliphatic rings. The summed E-state index contributed by atoms with van der Waals surface area (Å²) in [5.74, 6) is -1.00. The van der Waals surface area contributed by atoms with Gasteiger partial charge in [0, 0.05) is 13.1 Å². The molecule has 0 bridgehead atoms. The molecule has 21 heavy (non-hydrogen) atoms. The van der Waals surface area contributed by atoms with Crippen LogP contribution in [0.15, 0.2) is 15.4 Å². The van der Waals surface area contributed by atoms with Gasteiger partial charge in [-0.15, -0.1) is 0 Å². The summed E-state index contributed by atoms with van der Waals surface area (Å²) in [5, 5.41) is 0.0498. The first-order chi connectivity index (χ1) is 9.83. The van der Waals surface area contributed by atoms with E-state index in [1.807, 2.05) is 0 Å². The molecule has 0 atom stereocenters. The molecule has 1 saturated heterocycles. The molecule has 3 N–H and O–H groups in total. The summed E-state index contributed by atoms with van der Waals surface area (Å²) < 4.78 is 40.8. The zero-order valence-electron chi connectivity index (χ0n) is 11.2. The van der Waals surface area contributed by atoms with Crippen molar-refractivity contribution >= 4 is 43.2 Å². The van der Waals surface area contributed by atoms with Crippen LogP contribution in [0.25, 0.3) is 0 Å². The molecular formula is C12H16BrClFN3O2S. The van der Waals surface area contributed by atoms with E-state index < -0.39 is 20.7 Å². The molecule has 0 spiro atoms. The Morgan fingerprint density at radius 1 is 1.43 bits per heavy atom. The number of benzene rings is 1. The second-order valence-corrected chi connectivity index (χ2v) is 7.78. The average Bonchev–Trinajstić information content (AvgIpc) is 2.93. The molecule has 0 aromatic heterocycles. The standard InChI is InChI=1S/C12H16BrClFN3O2S/c13-10-8(14)7-9(11(15)12(10)16)21(19,20)17-3-6-18-4-1-2-5-18/h7,17H,1-6,16H2. The van der Waals surface area contributed by atoms with Crippen molar-refractivity contribution in [3.05, 3.63) is 21.4 Å².